The standard InChI is InChI=1S/C52H52N2O4/c1-37(2)51(55)57-35-7-9-41-15-27-47(28-16-41)53(45-23-11-39(5)12-24-45)49-31-19-43(20-32-49)44-21-33-50(34-22-44)54(46-25-13-40(6)14-26-46)48-29-17-42(18-30-48)10-8-36-58-52(56)38(3)4/h11-34H,1,3,7-10,35-36H2,2,4-6H3. The van der Waals surface area contributed by atoms with Gasteiger partial charge in [-0.15, -0.1) is 0 Å². The highest BCUT2D eigenvalue weighted by Gasteiger charge is 2.15. The molecule has 0 amide bonds. The van der Waals surface area contributed by atoms with Crippen molar-refractivity contribution < 1.29 is 19.1 Å². The molecule has 6 nitrogen and oxygen atoms in total. The predicted molar refractivity (Wildman–Crippen MR) is 239 cm³/mol. The number of carbonyl (C=O) groups is 2. The van der Waals surface area contributed by atoms with Gasteiger partial charge < -0.3 is 19.3 Å². The van der Waals surface area contributed by atoms with Gasteiger partial charge in [-0.1, -0.05) is 97.1 Å². The van der Waals surface area contributed by atoms with Gasteiger partial charge in [-0.2, -0.15) is 0 Å². The van der Waals surface area contributed by atoms with E-state index in [4.69, 9.17) is 9.47 Å². The Labute approximate surface area is 343 Å². The van der Waals surface area contributed by atoms with Crippen LogP contribution >= 0.6 is 0 Å². The molecule has 0 bridgehead atoms. The molecule has 0 unspecified atom stereocenters. The van der Waals surface area contributed by atoms with E-state index in [9.17, 15) is 9.59 Å². The highest BCUT2D eigenvalue weighted by molar-refractivity contribution is 5.87. The molecule has 58 heavy (non-hydrogen) atoms. The van der Waals surface area contributed by atoms with Gasteiger partial charge in [-0.25, -0.2) is 9.59 Å². The van der Waals surface area contributed by atoms with Gasteiger partial charge in [-0.05, 0) is 148 Å². The van der Waals surface area contributed by atoms with Crippen LogP contribution in [0.25, 0.3) is 11.1 Å². The number of esters is 2. The first-order chi connectivity index (χ1) is 28.0. The molecule has 0 aliphatic heterocycles. The van der Waals surface area contributed by atoms with Crippen LogP contribution in [0, 0.1) is 13.8 Å². The van der Waals surface area contributed by atoms with Crippen LogP contribution < -0.4 is 9.80 Å². The van der Waals surface area contributed by atoms with Gasteiger partial charge >= 0.3 is 11.9 Å². The summed E-state index contributed by atoms with van der Waals surface area (Å²) in [4.78, 5) is 28.0. The summed E-state index contributed by atoms with van der Waals surface area (Å²) in [5.41, 5.74) is 14.3. The predicted octanol–water partition coefficient (Wildman–Crippen LogP) is 13.0. The zero-order valence-corrected chi connectivity index (χ0v) is 34.0. The first-order valence-electron chi connectivity index (χ1n) is 19.8. The Morgan fingerprint density at radius 1 is 0.431 bits per heavy atom. The largest absolute Gasteiger partial charge is 0.462 e. The van der Waals surface area contributed by atoms with Crippen molar-refractivity contribution in [3.63, 3.8) is 0 Å². The van der Waals surface area contributed by atoms with Gasteiger partial charge in [0.1, 0.15) is 0 Å². The number of hydrogen-bond acceptors (Lipinski definition) is 6. The molecule has 0 aliphatic rings. The average Bonchev–Trinajstić information content (AvgIpc) is 3.24. The highest BCUT2D eigenvalue weighted by atomic mass is 16.5. The molecule has 0 N–H and O–H groups in total. The van der Waals surface area contributed by atoms with Crippen LogP contribution in [0.4, 0.5) is 34.1 Å². The number of aryl methyl sites for hydroxylation is 4. The van der Waals surface area contributed by atoms with Crippen molar-refractivity contribution >= 4 is 46.1 Å². The summed E-state index contributed by atoms with van der Waals surface area (Å²) < 4.78 is 10.6. The summed E-state index contributed by atoms with van der Waals surface area (Å²) >= 11 is 0. The van der Waals surface area contributed by atoms with E-state index in [1.54, 1.807) is 13.8 Å². The van der Waals surface area contributed by atoms with Crippen molar-refractivity contribution in [2.75, 3.05) is 23.0 Å². The fourth-order valence-electron chi connectivity index (χ4n) is 6.64. The first kappa shape index (κ1) is 41.0. The number of hydrogen-bond donors (Lipinski definition) is 0. The third-order valence-corrected chi connectivity index (χ3v) is 9.94. The van der Waals surface area contributed by atoms with Crippen LogP contribution in [-0.2, 0) is 31.9 Å². The quantitative estimate of drug-likeness (QED) is 0.0523. The van der Waals surface area contributed by atoms with E-state index in [-0.39, 0.29) is 11.9 Å². The second kappa shape index (κ2) is 19.5. The summed E-state index contributed by atoms with van der Waals surface area (Å²) in [5, 5.41) is 0. The molecule has 0 radical (unpaired) electrons. The molecule has 0 fully saturated rings. The summed E-state index contributed by atoms with van der Waals surface area (Å²) in [6.07, 6.45) is 3.13. The third-order valence-electron chi connectivity index (χ3n) is 9.94. The van der Waals surface area contributed by atoms with Crippen LogP contribution in [0.15, 0.2) is 170 Å². The van der Waals surface area contributed by atoms with Crippen LogP contribution in [0.1, 0.15) is 48.9 Å². The molecule has 0 heterocycles. The van der Waals surface area contributed by atoms with Gasteiger partial charge in [0.2, 0.25) is 0 Å². The third kappa shape index (κ3) is 10.8. The van der Waals surface area contributed by atoms with Crippen LogP contribution in [-0.4, -0.2) is 25.2 Å². The number of carbonyl (C=O) groups excluding carboxylic acids is 2. The molecule has 6 rings (SSSR count). The lowest BCUT2D eigenvalue weighted by Gasteiger charge is -2.26. The minimum absolute atomic E-state index is 0.343. The molecule has 0 aromatic heterocycles. The highest BCUT2D eigenvalue weighted by Crippen LogP contribution is 2.38. The summed E-state index contributed by atoms with van der Waals surface area (Å²) in [6.45, 7) is 15.6. The molecular formula is C52H52N2O4. The van der Waals surface area contributed by atoms with Crippen molar-refractivity contribution in [3.8, 4) is 11.1 Å². The zero-order chi connectivity index (χ0) is 41.0. The summed E-state index contributed by atoms with van der Waals surface area (Å²) in [6, 6.07) is 51.8. The fourth-order valence-corrected chi connectivity index (χ4v) is 6.64. The van der Waals surface area contributed by atoms with Gasteiger partial charge in [0, 0.05) is 45.3 Å². The maximum atomic E-state index is 11.7. The molecule has 6 aromatic carbocycles. The van der Waals surface area contributed by atoms with Gasteiger partial charge in [-0.3, -0.25) is 0 Å². The molecule has 0 spiro atoms. The molecule has 0 saturated heterocycles. The molecule has 6 heteroatoms. The Bertz CT molecular complexity index is 2140. The van der Waals surface area contributed by atoms with Crippen molar-refractivity contribution in [1.82, 2.24) is 0 Å². The van der Waals surface area contributed by atoms with E-state index in [0.29, 0.717) is 24.4 Å². The van der Waals surface area contributed by atoms with Gasteiger partial charge in [0.15, 0.2) is 0 Å². The molecule has 294 valence electrons. The lowest BCUT2D eigenvalue weighted by Crippen LogP contribution is -2.10. The average molecular weight is 769 g/mol. The SMILES string of the molecule is C=C(C)C(=O)OCCCc1ccc(N(c2ccc(C)cc2)c2ccc(-c3ccc(N(c4ccc(C)cc4)c4ccc(CCCOC(=O)C(=C)C)cc4)cc3)cc2)cc1. The lowest BCUT2D eigenvalue weighted by atomic mass is 10.0. The van der Waals surface area contributed by atoms with Crippen LogP contribution in [0.3, 0.4) is 0 Å². The van der Waals surface area contributed by atoms with Crippen molar-refractivity contribution in [1.29, 1.82) is 0 Å². The monoisotopic (exact) mass is 768 g/mol. The van der Waals surface area contributed by atoms with E-state index in [0.717, 1.165) is 70.9 Å². The van der Waals surface area contributed by atoms with Crippen molar-refractivity contribution in [2.24, 2.45) is 0 Å². The second-order valence-corrected chi connectivity index (χ2v) is 14.8. The lowest BCUT2D eigenvalue weighted by molar-refractivity contribution is -0.139. The Morgan fingerprint density at radius 3 is 0.966 bits per heavy atom. The Balaban J connectivity index is 1.19. The minimum Gasteiger partial charge on any atom is -0.462 e. The minimum atomic E-state index is -0.343. The normalized spacial score (nSPS) is 10.8. The van der Waals surface area contributed by atoms with E-state index in [2.05, 4.69) is 182 Å². The summed E-state index contributed by atoms with van der Waals surface area (Å²) in [5.74, 6) is -0.685. The number of ether oxygens (including phenoxy) is 2. The second-order valence-electron chi connectivity index (χ2n) is 14.8. The topological polar surface area (TPSA) is 59.1 Å². The van der Waals surface area contributed by atoms with E-state index < -0.39 is 0 Å². The van der Waals surface area contributed by atoms with E-state index >= 15 is 0 Å². The maximum absolute atomic E-state index is 11.7. The summed E-state index contributed by atoms with van der Waals surface area (Å²) in [7, 11) is 0. The number of nitrogens with zero attached hydrogens (tertiary/aromatic N) is 2. The fraction of sp³-hybridized carbons (Fsp3) is 0.192. The smallest absolute Gasteiger partial charge is 0.333 e. The zero-order valence-electron chi connectivity index (χ0n) is 34.0. The van der Waals surface area contributed by atoms with Crippen molar-refractivity contribution in [2.45, 2.75) is 53.4 Å². The molecular weight excluding hydrogens is 717 g/mol. The number of anilines is 6. The number of rotatable bonds is 17. The van der Waals surface area contributed by atoms with Gasteiger partial charge in [0.25, 0.3) is 0 Å². The molecule has 0 atom stereocenters. The Morgan fingerprint density at radius 2 is 0.690 bits per heavy atom. The molecule has 0 aliphatic carbocycles. The Kier molecular flexibility index (Phi) is 13.8. The van der Waals surface area contributed by atoms with E-state index in [1.807, 2.05) is 0 Å². The molecule has 0 saturated carbocycles. The van der Waals surface area contributed by atoms with Crippen molar-refractivity contribution in [3.05, 3.63) is 192 Å². The maximum Gasteiger partial charge on any atom is 0.333 e. The first-order valence-corrected chi connectivity index (χ1v) is 19.8. The van der Waals surface area contributed by atoms with Gasteiger partial charge in [0.05, 0.1) is 13.2 Å². The number of benzene rings is 6. The van der Waals surface area contributed by atoms with E-state index in [1.165, 1.54) is 22.3 Å². The van der Waals surface area contributed by atoms with Crippen LogP contribution in [0.2, 0.25) is 0 Å². The molecule has 6 aromatic rings. The van der Waals surface area contributed by atoms with Crippen LogP contribution in [0.5, 0.6) is 0 Å². The Hall–Kier alpha value is -6.66.